The average molecular weight is 406 g/mol. The summed E-state index contributed by atoms with van der Waals surface area (Å²) < 4.78 is 19.0. The van der Waals surface area contributed by atoms with Crippen molar-refractivity contribution >= 4 is 28.6 Å². The van der Waals surface area contributed by atoms with Crippen LogP contribution in [0.3, 0.4) is 0 Å². The molecule has 1 fully saturated rings. The molecule has 0 bridgehead atoms. The maximum atomic E-state index is 13.2. The lowest BCUT2D eigenvalue weighted by Gasteiger charge is -2.31. The van der Waals surface area contributed by atoms with Crippen LogP contribution in [0.5, 0.6) is 0 Å². The number of thioether (sulfide) groups is 2. The number of nitrogens with zero attached hydrogens (tertiary/aromatic N) is 1. The van der Waals surface area contributed by atoms with Gasteiger partial charge in [-0.05, 0) is 62.1 Å². The predicted molar refractivity (Wildman–Crippen MR) is 116 cm³/mol. The van der Waals surface area contributed by atoms with Crippen molar-refractivity contribution < 1.29 is 9.13 Å². The molecule has 1 aromatic rings. The van der Waals surface area contributed by atoms with E-state index in [-0.39, 0.29) is 5.82 Å². The largest absolute Gasteiger partial charge is 0.363 e. The Kier molecular flexibility index (Phi) is 7.62. The molecule has 0 radical (unpaired) electrons. The molecule has 0 N–H and O–H groups in total. The highest BCUT2D eigenvalue weighted by Gasteiger charge is 2.31. The first-order valence-corrected chi connectivity index (χ1v) is 11.4. The minimum Gasteiger partial charge on any atom is -0.363 e. The number of halogens is 1. The topological polar surface area (TPSA) is 21.6 Å². The third-order valence-corrected chi connectivity index (χ3v) is 7.52. The maximum absolute atomic E-state index is 13.2. The van der Waals surface area contributed by atoms with Crippen LogP contribution in [0.15, 0.2) is 58.1 Å². The third kappa shape index (κ3) is 6.23. The summed E-state index contributed by atoms with van der Waals surface area (Å²) in [6.07, 6.45) is 13.7. The van der Waals surface area contributed by atoms with Crippen LogP contribution in [0.25, 0.3) is 0 Å². The zero-order valence-electron chi connectivity index (χ0n) is 16.1. The number of hydrogen-bond acceptors (Lipinski definition) is 4. The van der Waals surface area contributed by atoms with Gasteiger partial charge in [-0.2, -0.15) is 0 Å². The van der Waals surface area contributed by atoms with Gasteiger partial charge >= 0.3 is 0 Å². The van der Waals surface area contributed by atoms with Gasteiger partial charge in [0, 0.05) is 29.9 Å². The van der Waals surface area contributed by atoms with Crippen molar-refractivity contribution in [2.24, 2.45) is 10.9 Å². The summed E-state index contributed by atoms with van der Waals surface area (Å²) in [7, 11) is 1.72. The first-order chi connectivity index (χ1) is 13.1. The monoisotopic (exact) mass is 405 g/mol. The van der Waals surface area contributed by atoms with Crippen LogP contribution in [-0.4, -0.2) is 22.8 Å². The van der Waals surface area contributed by atoms with Gasteiger partial charge in [0.15, 0.2) is 0 Å². The Bertz CT molecular complexity index is 708. The van der Waals surface area contributed by atoms with E-state index in [0.29, 0.717) is 6.42 Å². The van der Waals surface area contributed by atoms with Gasteiger partial charge in [0.1, 0.15) is 10.8 Å². The summed E-state index contributed by atoms with van der Waals surface area (Å²) >= 11 is 3.48. The van der Waals surface area contributed by atoms with Gasteiger partial charge in [0.25, 0.3) is 0 Å². The highest BCUT2D eigenvalue weighted by atomic mass is 32.2. The van der Waals surface area contributed by atoms with Gasteiger partial charge in [0.2, 0.25) is 0 Å². The second kappa shape index (κ2) is 9.94. The number of methoxy groups -OCH3 is 1. The van der Waals surface area contributed by atoms with Crippen LogP contribution >= 0.6 is 23.5 Å². The molecule has 1 atom stereocenters. The Hall–Kier alpha value is -1.04. The fraction of sp³-hybridized carbons (Fsp3) is 0.500. The first-order valence-electron chi connectivity index (χ1n) is 9.65. The number of benzene rings is 1. The molecular formula is C22H28FNOS2. The fourth-order valence-corrected chi connectivity index (χ4v) is 5.65. The van der Waals surface area contributed by atoms with Gasteiger partial charge in [-0.25, -0.2) is 4.39 Å². The van der Waals surface area contributed by atoms with Crippen LogP contribution in [-0.2, 0) is 4.74 Å². The molecule has 0 amide bonds. The van der Waals surface area contributed by atoms with E-state index in [1.165, 1.54) is 50.0 Å². The first kappa shape index (κ1) is 20.7. The van der Waals surface area contributed by atoms with E-state index in [1.807, 2.05) is 17.8 Å². The number of hydrogen-bond donors (Lipinski definition) is 0. The van der Waals surface area contributed by atoms with Crippen molar-refractivity contribution in [1.82, 2.24) is 0 Å². The van der Waals surface area contributed by atoms with Crippen molar-refractivity contribution in [3.05, 3.63) is 54.0 Å². The van der Waals surface area contributed by atoms with Crippen molar-refractivity contribution in [3.8, 4) is 0 Å². The lowest BCUT2D eigenvalue weighted by molar-refractivity contribution is 0.110. The normalized spacial score (nSPS) is 24.1. The molecule has 0 aromatic heterocycles. The van der Waals surface area contributed by atoms with Gasteiger partial charge in [0.05, 0.1) is 5.04 Å². The summed E-state index contributed by atoms with van der Waals surface area (Å²) in [6, 6.07) is 6.56. The van der Waals surface area contributed by atoms with Gasteiger partial charge < -0.3 is 4.74 Å². The third-order valence-electron chi connectivity index (χ3n) is 5.07. The molecule has 0 saturated heterocycles. The van der Waals surface area contributed by atoms with E-state index in [1.54, 1.807) is 31.0 Å². The lowest BCUT2D eigenvalue weighted by Crippen LogP contribution is -2.26. The molecule has 27 heavy (non-hydrogen) atoms. The predicted octanol–water partition coefficient (Wildman–Crippen LogP) is 6.84. The van der Waals surface area contributed by atoms with E-state index in [2.05, 4.69) is 19.1 Å². The Balaban J connectivity index is 1.60. The molecule has 1 saturated carbocycles. The molecule has 0 spiro atoms. The van der Waals surface area contributed by atoms with Crippen molar-refractivity contribution in [2.45, 2.75) is 55.3 Å². The smallest absolute Gasteiger partial charge is 0.142 e. The molecule has 2 aliphatic rings. The van der Waals surface area contributed by atoms with Crippen molar-refractivity contribution in [3.63, 3.8) is 0 Å². The Morgan fingerprint density at radius 1 is 1.22 bits per heavy atom. The van der Waals surface area contributed by atoms with Crippen LogP contribution in [0.2, 0.25) is 0 Å². The number of aliphatic imine (C=N–C) groups is 1. The molecule has 2 nitrogen and oxygen atoms in total. The minimum atomic E-state index is -0.500. The molecule has 0 heterocycles. The average Bonchev–Trinajstić information content (AvgIpc) is 2.69. The summed E-state index contributed by atoms with van der Waals surface area (Å²) in [5.41, 5.74) is 1.03. The molecule has 2 aliphatic carbocycles. The van der Waals surface area contributed by atoms with E-state index < -0.39 is 4.93 Å². The highest BCUT2D eigenvalue weighted by molar-refractivity contribution is 8.13. The second-order valence-corrected chi connectivity index (χ2v) is 9.79. The summed E-state index contributed by atoms with van der Waals surface area (Å²) in [5.74, 6) is 1.81. The second-order valence-electron chi connectivity index (χ2n) is 7.21. The zero-order valence-corrected chi connectivity index (χ0v) is 17.8. The van der Waals surface area contributed by atoms with Crippen LogP contribution < -0.4 is 0 Å². The molecule has 146 valence electrons. The molecule has 5 heteroatoms. The Morgan fingerprint density at radius 3 is 2.67 bits per heavy atom. The maximum Gasteiger partial charge on any atom is 0.142 e. The Morgan fingerprint density at radius 2 is 1.96 bits per heavy atom. The molecule has 1 aromatic carbocycles. The van der Waals surface area contributed by atoms with Crippen molar-refractivity contribution in [2.75, 3.05) is 12.9 Å². The van der Waals surface area contributed by atoms with E-state index in [9.17, 15) is 4.39 Å². The molecular weight excluding hydrogens is 377 g/mol. The highest BCUT2D eigenvalue weighted by Crippen LogP contribution is 2.42. The minimum absolute atomic E-state index is 0.221. The molecule has 1 unspecified atom stereocenters. The van der Waals surface area contributed by atoms with Gasteiger partial charge in [-0.15, -0.1) is 11.8 Å². The van der Waals surface area contributed by atoms with Gasteiger partial charge in [-0.1, -0.05) is 37.1 Å². The fourth-order valence-electron chi connectivity index (χ4n) is 3.53. The number of rotatable bonds is 6. The van der Waals surface area contributed by atoms with Crippen molar-refractivity contribution in [1.29, 1.82) is 0 Å². The summed E-state index contributed by atoms with van der Waals surface area (Å²) in [5, 5.41) is 1.12. The van der Waals surface area contributed by atoms with Crippen LogP contribution in [0, 0.1) is 11.7 Å². The SMILES string of the molecule is COC1(Sc2ccc(F)cc2)C=CC=C(N=C(C)SCC2CCCCC2)C1. The van der Waals surface area contributed by atoms with E-state index >= 15 is 0 Å². The number of allylic oxidation sites excluding steroid dienone is 2. The standard InChI is InChI=1S/C22H28FNOS2/c1-17(26-16-18-7-4-3-5-8-18)24-20-9-6-14-22(15-20,25-2)27-21-12-10-19(23)11-13-21/h6,9-14,18H,3-5,7-8,15-16H2,1-2H3. The van der Waals surface area contributed by atoms with Gasteiger partial charge in [-0.3, -0.25) is 4.99 Å². The summed E-state index contributed by atoms with van der Waals surface area (Å²) in [4.78, 5) is 5.34. The van der Waals surface area contributed by atoms with E-state index in [0.717, 1.165) is 21.6 Å². The Labute approximate surface area is 170 Å². The molecule has 3 rings (SSSR count). The summed E-state index contributed by atoms with van der Waals surface area (Å²) in [6.45, 7) is 2.11. The van der Waals surface area contributed by atoms with Crippen LogP contribution in [0.4, 0.5) is 4.39 Å². The van der Waals surface area contributed by atoms with E-state index in [4.69, 9.17) is 9.73 Å². The number of ether oxygens (including phenoxy) is 1. The zero-order chi connectivity index (χ0) is 19.1. The lowest BCUT2D eigenvalue weighted by atomic mass is 9.91. The quantitative estimate of drug-likeness (QED) is 0.294. The molecule has 0 aliphatic heterocycles. The van der Waals surface area contributed by atoms with Crippen LogP contribution in [0.1, 0.15) is 45.4 Å².